The zero-order valence-electron chi connectivity index (χ0n) is 8.86. The van der Waals surface area contributed by atoms with Crippen LogP contribution in [-0.2, 0) is 0 Å². The topological polar surface area (TPSA) is 81.1 Å². The van der Waals surface area contributed by atoms with Crippen LogP contribution < -0.4 is 16.8 Å². The minimum absolute atomic E-state index is 0.197. The van der Waals surface area contributed by atoms with Crippen molar-refractivity contribution < 1.29 is 4.79 Å². The molecule has 0 heterocycles. The van der Waals surface area contributed by atoms with Crippen molar-refractivity contribution in [1.29, 1.82) is 0 Å². The Hall–Kier alpha value is -1.55. The number of hydrogen-bond donors (Lipinski definition) is 3. The van der Waals surface area contributed by atoms with Crippen LogP contribution in [0.15, 0.2) is 24.3 Å². The smallest absolute Gasteiger partial charge is 0.248 e. The SMILES string of the molecule is CC(N)CCNc1ccc(C(N)=O)cc1. The number of primary amides is 1. The molecule has 0 aliphatic carbocycles. The summed E-state index contributed by atoms with van der Waals surface area (Å²) in [6.45, 7) is 2.80. The molecule has 0 bridgehead atoms. The van der Waals surface area contributed by atoms with Gasteiger partial charge in [-0.2, -0.15) is 0 Å². The van der Waals surface area contributed by atoms with Crippen molar-refractivity contribution in [2.75, 3.05) is 11.9 Å². The number of nitrogens with one attached hydrogen (secondary N) is 1. The highest BCUT2D eigenvalue weighted by atomic mass is 16.1. The first-order chi connectivity index (χ1) is 7.09. The summed E-state index contributed by atoms with van der Waals surface area (Å²) in [5.41, 5.74) is 12.2. The van der Waals surface area contributed by atoms with Gasteiger partial charge in [-0.1, -0.05) is 0 Å². The molecular formula is C11H17N3O. The molecule has 15 heavy (non-hydrogen) atoms. The molecule has 0 aliphatic heterocycles. The van der Waals surface area contributed by atoms with Gasteiger partial charge in [0.15, 0.2) is 0 Å². The molecule has 1 aromatic rings. The normalized spacial score (nSPS) is 12.1. The third kappa shape index (κ3) is 3.99. The Bertz CT molecular complexity index is 319. The lowest BCUT2D eigenvalue weighted by molar-refractivity contribution is 0.100. The molecule has 4 nitrogen and oxygen atoms in total. The Morgan fingerprint density at radius 1 is 1.40 bits per heavy atom. The third-order valence-electron chi connectivity index (χ3n) is 2.10. The van der Waals surface area contributed by atoms with Gasteiger partial charge >= 0.3 is 0 Å². The molecule has 0 saturated carbocycles. The van der Waals surface area contributed by atoms with Gasteiger partial charge in [-0.15, -0.1) is 0 Å². The van der Waals surface area contributed by atoms with E-state index >= 15 is 0 Å². The van der Waals surface area contributed by atoms with Gasteiger partial charge in [-0.25, -0.2) is 0 Å². The Labute approximate surface area is 89.6 Å². The highest BCUT2D eigenvalue weighted by Crippen LogP contribution is 2.08. The zero-order valence-corrected chi connectivity index (χ0v) is 8.86. The zero-order chi connectivity index (χ0) is 11.3. The Balaban J connectivity index is 2.46. The number of benzene rings is 1. The van der Waals surface area contributed by atoms with Crippen molar-refractivity contribution >= 4 is 11.6 Å². The molecule has 1 unspecified atom stereocenters. The first-order valence-electron chi connectivity index (χ1n) is 4.99. The van der Waals surface area contributed by atoms with Crippen molar-refractivity contribution in [3.05, 3.63) is 29.8 Å². The molecule has 1 aromatic carbocycles. The summed E-state index contributed by atoms with van der Waals surface area (Å²) in [5.74, 6) is -0.405. The fraction of sp³-hybridized carbons (Fsp3) is 0.364. The lowest BCUT2D eigenvalue weighted by Crippen LogP contribution is -2.19. The molecule has 0 aromatic heterocycles. The largest absolute Gasteiger partial charge is 0.385 e. The molecule has 0 saturated heterocycles. The Morgan fingerprint density at radius 2 is 2.00 bits per heavy atom. The maximum atomic E-state index is 10.8. The van der Waals surface area contributed by atoms with Crippen LogP contribution in [-0.4, -0.2) is 18.5 Å². The number of amides is 1. The molecule has 82 valence electrons. The Morgan fingerprint density at radius 3 is 2.47 bits per heavy atom. The average molecular weight is 207 g/mol. The lowest BCUT2D eigenvalue weighted by Gasteiger charge is -2.08. The number of nitrogens with two attached hydrogens (primary N) is 2. The summed E-state index contributed by atoms with van der Waals surface area (Å²) in [6, 6.07) is 7.28. The van der Waals surface area contributed by atoms with Crippen LogP contribution in [0.3, 0.4) is 0 Å². The average Bonchev–Trinajstić information content (AvgIpc) is 2.18. The quantitative estimate of drug-likeness (QED) is 0.672. The van der Waals surface area contributed by atoms with Crippen LogP contribution in [0.2, 0.25) is 0 Å². The first kappa shape index (κ1) is 11.5. The predicted molar refractivity (Wildman–Crippen MR) is 61.7 cm³/mol. The van der Waals surface area contributed by atoms with Gasteiger partial charge in [0.25, 0.3) is 0 Å². The molecule has 1 atom stereocenters. The summed E-state index contributed by atoms with van der Waals surface area (Å²) in [4.78, 5) is 10.8. The molecule has 0 spiro atoms. The summed E-state index contributed by atoms with van der Waals surface area (Å²) in [7, 11) is 0. The van der Waals surface area contributed by atoms with E-state index in [2.05, 4.69) is 5.32 Å². The number of rotatable bonds is 5. The summed E-state index contributed by atoms with van der Waals surface area (Å²) in [5, 5.41) is 3.21. The van der Waals surface area contributed by atoms with E-state index in [1.54, 1.807) is 12.1 Å². The van der Waals surface area contributed by atoms with Gasteiger partial charge in [0.2, 0.25) is 5.91 Å². The molecule has 0 radical (unpaired) electrons. The van der Waals surface area contributed by atoms with Crippen molar-refractivity contribution in [3.8, 4) is 0 Å². The van der Waals surface area contributed by atoms with Crippen molar-refractivity contribution in [2.45, 2.75) is 19.4 Å². The van der Waals surface area contributed by atoms with Crippen molar-refractivity contribution in [1.82, 2.24) is 0 Å². The molecular weight excluding hydrogens is 190 g/mol. The Kier molecular flexibility index (Phi) is 4.12. The van der Waals surface area contributed by atoms with Crippen LogP contribution in [0.4, 0.5) is 5.69 Å². The van der Waals surface area contributed by atoms with Crippen LogP contribution in [0.1, 0.15) is 23.7 Å². The van der Waals surface area contributed by atoms with E-state index in [0.29, 0.717) is 5.56 Å². The van der Waals surface area contributed by atoms with E-state index in [1.165, 1.54) is 0 Å². The van der Waals surface area contributed by atoms with E-state index in [1.807, 2.05) is 19.1 Å². The minimum Gasteiger partial charge on any atom is -0.385 e. The van der Waals surface area contributed by atoms with E-state index in [-0.39, 0.29) is 6.04 Å². The minimum atomic E-state index is -0.405. The van der Waals surface area contributed by atoms with Gasteiger partial charge in [-0.3, -0.25) is 4.79 Å². The number of anilines is 1. The number of hydrogen-bond acceptors (Lipinski definition) is 3. The monoisotopic (exact) mass is 207 g/mol. The summed E-state index contributed by atoms with van der Waals surface area (Å²) < 4.78 is 0. The maximum Gasteiger partial charge on any atom is 0.248 e. The second-order valence-electron chi connectivity index (χ2n) is 3.63. The molecule has 0 aliphatic rings. The summed E-state index contributed by atoms with van der Waals surface area (Å²) >= 11 is 0. The second-order valence-corrected chi connectivity index (χ2v) is 3.63. The van der Waals surface area contributed by atoms with Crippen molar-refractivity contribution in [3.63, 3.8) is 0 Å². The van der Waals surface area contributed by atoms with Gasteiger partial charge < -0.3 is 16.8 Å². The van der Waals surface area contributed by atoms with Crippen LogP contribution in [0.25, 0.3) is 0 Å². The van der Waals surface area contributed by atoms with Gasteiger partial charge in [0, 0.05) is 23.8 Å². The van der Waals surface area contributed by atoms with E-state index in [4.69, 9.17) is 11.5 Å². The fourth-order valence-corrected chi connectivity index (χ4v) is 1.20. The van der Waals surface area contributed by atoms with Crippen LogP contribution in [0.5, 0.6) is 0 Å². The molecule has 5 N–H and O–H groups in total. The lowest BCUT2D eigenvalue weighted by atomic mass is 10.2. The first-order valence-corrected chi connectivity index (χ1v) is 4.99. The standard InChI is InChI=1S/C11H17N3O/c1-8(12)6-7-14-10-4-2-9(3-5-10)11(13)15/h2-5,8,14H,6-7,12H2,1H3,(H2,13,15). The van der Waals surface area contributed by atoms with Gasteiger partial charge in [0.05, 0.1) is 0 Å². The van der Waals surface area contributed by atoms with E-state index in [0.717, 1.165) is 18.7 Å². The molecule has 1 rings (SSSR count). The predicted octanol–water partition coefficient (Wildman–Crippen LogP) is 0.935. The van der Waals surface area contributed by atoms with E-state index in [9.17, 15) is 4.79 Å². The highest BCUT2D eigenvalue weighted by molar-refractivity contribution is 5.93. The summed E-state index contributed by atoms with van der Waals surface area (Å²) in [6.07, 6.45) is 0.914. The van der Waals surface area contributed by atoms with Gasteiger partial charge in [-0.05, 0) is 37.6 Å². The van der Waals surface area contributed by atoms with E-state index < -0.39 is 5.91 Å². The maximum absolute atomic E-state index is 10.8. The van der Waals surface area contributed by atoms with Crippen LogP contribution in [0, 0.1) is 0 Å². The molecule has 0 fully saturated rings. The number of carbonyl (C=O) groups excluding carboxylic acids is 1. The van der Waals surface area contributed by atoms with Gasteiger partial charge in [0.1, 0.15) is 0 Å². The number of carbonyl (C=O) groups is 1. The third-order valence-corrected chi connectivity index (χ3v) is 2.10. The highest BCUT2D eigenvalue weighted by Gasteiger charge is 1.99. The molecule has 4 heteroatoms. The fourth-order valence-electron chi connectivity index (χ4n) is 1.20. The molecule has 1 amide bonds. The second kappa shape index (κ2) is 5.36. The van der Waals surface area contributed by atoms with Crippen molar-refractivity contribution in [2.24, 2.45) is 11.5 Å². The van der Waals surface area contributed by atoms with Crippen LogP contribution >= 0.6 is 0 Å².